The summed E-state index contributed by atoms with van der Waals surface area (Å²) < 4.78 is 0. The normalized spacial score (nSPS) is 24.1. The number of likely N-dealkylation sites (N-methyl/N-ethyl adjacent to an activating group) is 1. The first-order chi connectivity index (χ1) is 9.42. The molecule has 0 aromatic heterocycles. The Hall–Kier alpha value is -1.79. The van der Waals surface area contributed by atoms with Gasteiger partial charge in [-0.25, -0.2) is 4.79 Å². The lowest BCUT2D eigenvalue weighted by atomic mass is 9.66. The summed E-state index contributed by atoms with van der Waals surface area (Å²) in [7, 11) is 1.71. The van der Waals surface area contributed by atoms with E-state index < -0.39 is 18.0 Å². The van der Waals surface area contributed by atoms with Crippen LogP contribution in [-0.4, -0.2) is 54.1 Å². The fourth-order valence-corrected chi connectivity index (χ4v) is 2.85. The van der Waals surface area contributed by atoms with Gasteiger partial charge in [0.15, 0.2) is 0 Å². The van der Waals surface area contributed by atoms with Crippen LogP contribution in [0.4, 0.5) is 4.79 Å². The average molecular weight is 283 g/mol. The highest BCUT2D eigenvalue weighted by Crippen LogP contribution is 2.43. The number of amides is 3. The maximum Gasteiger partial charge on any atom is 0.315 e. The predicted octanol–water partition coefficient (Wildman–Crippen LogP) is 0.161. The lowest BCUT2D eigenvalue weighted by Gasteiger charge is -2.40. The first-order valence-corrected chi connectivity index (χ1v) is 6.93. The summed E-state index contributed by atoms with van der Waals surface area (Å²) in [5, 5.41) is 14.2. The van der Waals surface area contributed by atoms with Gasteiger partial charge in [-0.1, -0.05) is 6.42 Å². The second-order valence-corrected chi connectivity index (χ2v) is 5.85. The van der Waals surface area contributed by atoms with Crippen molar-refractivity contribution >= 4 is 17.9 Å². The number of nitrogens with zero attached hydrogens (tertiary/aromatic N) is 1. The summed E-state index contributed by atoms with van der Waals surface area (Å²) in [6.07, 6.45) is 3.35. The first-order valence-electron chi connectivity index (χ1n) is 6.93. The van der Waals surface area contributed by atoms with Crippen molar-refractivity contribution in [2.45, 2.75) is 38.1 Å². The smallest absolute Gasteiger partial charge is 0.315 e. The molecule has 0 aromatic carbocycles. The van der Waals surface area contributed by atoms with Crippen LogP contribution in [0.15, 0.2) is 0 Å². The molecule has 1 unspecified atom stereocenters. The van der Waals surface area contributed by atoms with Gasteiger partial charge in [0.2, 0.25) is 5.91 Å². The van der Waals surface area contributed by atoms with Gasteiger partial charge < -0.3 is 20.6 Å². The third-order valence-electron chi connectivity index (χ3n) is 4.30. The SMILES string of the molecule is CN1CCC(NC(=O)NCC2(CC(=O)O)CCC2)C1=O. The minimum absolute atomic E-state index is 0.0796. The highest BCUT2D eigenvalue weighted by molar-refractivity contribution is 5.88. The Balaban J connectivity index is 1.77. The summed E-state index contributed by atoms with van der Waals surface area (Å²) >= 11 is 0. The zero-order valence-corrected chi connectivity index (χ0v) is 11.6. The van der Waals surface area contributed by atoms with Crippen LogP contribution in [0.3, 0.4) is 0 Å². The summed E-state index contributed by atoms with van der Waals surface area (Å²) in [6.45, 7) is 0.995. The molecule has 7 heteroatoms. The van der Waals surface area contributed by atoms with E-state index in [1.807, 2.05) is 0 Å². The number of urea groups is 1. The molecule has 2 fully saturated rings. The van der Waals surface area contributed by atoms with Gasteiger partial charge in [-0.05, 0) is 24.7 Å². The van der Waals surface area contributed by atoms with Crippen molar-refractivity contribution in [1.82, 2.24) is 15.5 Å². The standard InChI is InChI=1S/C13H21N3O4/c1-16-6-3-9(11(16)19)15-12(20)14-8-13(4-2-5-13)7-10(17)18/h9H,2-8H2,1H3,(H,17,18)(H2,14,15,20). The van der Waals surface area contributed by atoms with E-state index in [-0.39, 0.29) is 17.7 Å². The topological polar surface area (TPSA) is 98.7 Å². The van der Waals surface area contributed by atoms with Crippen molar-refractivity contribution in [2.24, 2.45) is 5.41 Å². The molecular weight excluding hydrogens is 262 g/mol. The van der Waals surface area contributed by atoms with Crippen molar-refractivity contribution in [1.29, 1.82) is 0 Å². The quantitative estimate of drug-likeness (QED) is 0.669. The van der Waals surface area contributed by atoms with E-state index in [9.17, 15) is 14.4 Å². The van der Waals surface area contributed by atoms with Crippen molar-refractivity contribution in [3.63, 3.8) is 0 Å². The van der Waals surface area contributed by atoms with Crippen molar-refractivity contribution < 1.29 is 19.5 Å². The fourth-order valence-electron chi connectivity index (χ4n) is 2.85. The molecule has 112 valence electrons. The molecule has 0 bridgehead atoms. The van der Waals surface area contributed by atoms with Gasteiger partial charge in [0.05, 0.1) is 6.42 Å². The van der Waals surface area contributed by atoms with E-state index in [4.69, 9.17) is 5.11 Å². The number of rotatable bonds is 5. The molecule has 1 atom stereocenters. The van der Waals surface area contributed by atoms with Crippen LogP contribution in [0.25, 0.3) is 0 Å². The number of likely N-dealkylation sites (tertiary alicyclic amines) is 1. The maximum absolute atomic E-state index is 11.8. The van der Waals surface area contributed by atoms with Gasteiger partial charge in [0, 0.05) is 20.1 Å². The number of carboxylic acids is 1. The Labute approximate surface area is 117 Å². The van der Waals surface area contributed by atoms with Crippen LogP contribution < -0.4 is 10.6 Å². The third-order valence-corrected chi connectivity index (χ3v) is 4.30. The van der Waals surface area contributed by atoms with E-state index in [2.05, 4.69) is 10.6 Å². The Bertz CT molecular complexity index is 420. The molecule has 2 rings (SSSR count). The number of aliphatic carboxylic acids is 1. The molecule has 7 nitrogen and oxygen atoms in total. The second kappa shape index (κ2) is 5.68. The molecule has 3 amide bonds. The molecule has 1 aliphatic carbocycles. The van der Waals surface area contributed by atoms with Crippen LogP contribution >= 0.6 is 0 Å². The molecule has 1 aliphatic heterocycles. The number of nitrogens with one attached hydrogen (secondary N) is 2. The molecule has 20 heavy (non-hydrogen) atoms. The minimum atomic E-state index is -0.834. The Morgan fingerprint density at radius 3 is 2.60 bits per heavy atom. The summed E-state index contributed by atoms with van der Waals surface area (Å²) in [6, 6.07) is -0.855. The van der Waals surface area contributed by atoms with E-state index in [0.29, 0.717) is 19.5 Å². The lowest BCUT2D eigenvalue weighted by molar-refractivity contribution is -0.141. The maximum atomic E-state index is 11.8. The van der Waals surface area contributed by atoms with Crippen molar-refractivity contribution in [3.05, 3.63) is 0 Å². The number of carbonyl (C=O) groups excluding carboxylic acids is 2. The highest BCUT2D eigenvalue weighted by atomic mass is 16.4. The van der Waals surface area contributed by atoms with Gasteiger partial charge in [-0.3, -0.25) is 9.59 Å². The largest absolute Gasteiger partial charge is 0.481 e. The second-order valence-electron chi connectivity index (χ2n) is 5.85. The van der Waals surface area contributed by atoms with Crippen LogP contribution in [0.5, 0.6) is 0 Å². The van der Waals surface area contributed by atoms with Crippen LogP contribution in [0.2, 0.25) is 0 Å². The molecule has 2 aliphatic rings. The fraction of sp³-hybridized carbons (Fsp3) is 0.769. The zero-order chi connectivity index (χ0) is 14.8. The number of carboxylic acid groups (broad SMARTS) is 1. The van der Waals surface area contributed by atoms with E-state index in [1.165, 1.54) is 0 Å². The van der Waals surface area contributed by atoms with Gasteiger partial charge in [-0.2, -0.15) is 0 Å². The molecule has 0 spiro atoms. The summed E-state index contributed by atoms with van der Waals surface area (Å²) in [4.78, 5) is 35.9. The van der Waals surface area contributed by atoms with Crippen LogP contribution in [0.1, 0.15) is 32.1 Å². The lowest BCUT2D eigenvalue weighted by Crippen LogP contribution is -2.50. The van der Waals surface area contributed by atoms with Crippen LogP contribution in [0, 0.1) is 5.41 Å². The molecule has 1 saturated heterocycles. The Morgan fingerprint density at radius 2 is 2.15 bits per heavy atom. The molecule has 1 saturated carbocycles. The summed E-state index contributed by atoms with van der Waals surface area (Å²) in [5.74, 6) is -0.913. The number of hydrogen-bond donors (Lipinski definition) is 3. The highest BCUT2D eigenvalue weighted by Gasteiger charge is 2.39. The molecule has 1 heterocycles. The van der Waals surface area contributed by atoms with Crippen LogP contribution in [-0.2, 0) is 9.59 Å². The average Bonchev–Trinajstić information content (AvgIpc) is 2.64. The number of hydrogen-bond acceptors (Lipinski definition) is 3. The minimum Gasteiger partial charge on any atom is -0.481 e. The number of carbonyl (C=O) groups is 3. The molecule has 3 N–H and O–H groups in total. The molecule has 0 aromatic rings. The van der Waals surface area contributed by atoms with E-state index >= 15 is 0 Å². The zero-order valence-electron chi connectivity index (χ0n) is 11.6. The van der Waals surface area contributed by atoms with Gasteiger partial charge in [0.25, 0.3) is 0 Å². The van der Waals surface area contributed by atoms with Crippen molar-refractivity contribution in [2.75, 3.05) is 20.1 Å². The first kappa shape index (κ1) is 14.6. The van der Waals surface area contributed by atoms with Gasteiger partial charge in [-0.15, -0.1) is 0 Å². The Morgan fingerprint density at radius 1 is 1.45 bits per heavy atom. The van der Waals surface area contributed by atoms with E-state index in [1.54, 1.807) is 11.9 Å². The monoisotopic (exact) mass is 283 g/mol. The van der Waals surface area contributed by atoms with E-state index in [0.717, 1.165) is 19.3 Å². The molecule has 0 radical (unpaired) electrons. The van der Waals surface area contributed by atoms with Gasteiger partial charge in [0.1, 0.15) is 6.04 Å². The summed E-state index contributed by atoms with van der Waals surface area (Å²) in [5.41, 5.74) is -0.306. The van der Waals surface area contributed by atoms with Crippen molar-refractivity contribution in [3.8, 4) is 0 Å². The molecular formula is C13H21N3O4. The van der Waals surface area contributed by atoms with Gasteiger partial charge >= 0.3 is 12.0 Å². The third kappa shape index (κ3) is 3.20. The predicted molar refractivity (Wildman–Crippen MR) is 71.1 cm³/mol. The Kier molecular flexibility index (Phi) is 4.15.